The number of hydrogen-bond acceptors (Lipinski definition) is 4. The molecule has 7 heteroatoms. The first-order valence-corrected chi connectivity index (χ1v) is 7.41. The topological polar surface area (TPSA) is 69.4 Å². The number of hydrogen-bond donors (Lipinski definition) is 0. The first-order valence-electron chi connectivity index (χ1n) is 6.24. The van der Waals surface area contributed by atoms with Gasteiger partial charge in [-0.15, -0.1) is 0 Å². The molecule has 0 heterocycles. The van der Waals surface area contributed by atoms with Gasteiger partial charge in [-0.3, -0.25) is 14.9 Å². The molecule has 0 atom stereocenters. The van der Waals surface area contributed by atoms with Gasteiger partial charge in [0.15, 0.2) is 12.4 Å². The zero-order valence-electron chi connectivity index (χ0n) is 11.5. The molecule has 2 aromatic rings. The number of nitrogens with zero attached hydrogens (tertiary/aromatic N) is 1. The minimum Gasteiger partial charge on any atom is -0.484 e. The van der Waals surface area contributed by atoms with E-state index in [1.807, 2.05) is 0 Å². The number of nitro groups is 1. The van der Waals surface area contributed by atoms with Crippen LogP contribution >= 0.6 is 27.5 Å². The molecule has 0 aliphatic carbocycles. The average Bonchev–Trinajstić information content (AvgIpc) is 2.46. The van der Waals surface area contributed by atoms with Gasteiger partial charge >= 0.3 is 0 Å². The summed E-state index contributed by atoms with van der Waals surface area (Å²) in [7, 11) is 0. The largest absolute Gasteiger partial charge is 0.484 e. The summed E-state index contributed by atoms with van der Waals surface area (Å²) in [6.45, 7) is 1.40. The lowest BCUT2D eigenvalue weighted by Crippen LogP contribution is -2.12. The van der Waals surface area contributed by atoms with Crippen molar-refractivity contribution in [2.45, 2.75) is 6.92 Å². The Labute approximate surface area is 140 Å². The van der Waals surface area contributed by atoms with Gasteiger partial charge in [-0.1, -0.05) is 23.7 Å². The van der Waals surface area contributed by atoms with E-state index in [0.717, 1.165) is 0 Å². The zero-order chi connectivity index (χ0) is 16.3. The lowest BCUT2D eigenvalue weighted by atomic mass is 10.1. The third-order valence-corrected chi connectivity index (χ3v) is 3.84. The van der Waals surface area contributed by atoms with E-state index in [-0.39, 0.29) is 23.6 Å². The van der Waals surface area contributed by atoms with Gasteiger partial charge < -0.3 is 4.74 Å². The predicted molar refractivity (Wildman–Crippen MR) is 86.8 cm³/mol. The van der Waals surface area contributed by atoms with E-state index in [4.69, 9.17) is 16.3 Å². The number of halogens is 2. The van der Waals surface area contributed by atoms with E-state index >= 15 is 0 Å². The lowest BCUT2D eigenvalue weighted by Gasteiger charge is -2.08. The second kappa shape index (κ2) is 6.89. The zero-order valence-corrected chi connectivity index (χ0v) is 13.8. The van der Waals surface area contributed by atoms with Gasteiger partial charge in [-0.25, -0.2) is 0 Å². The second-order valence-corrected chi connectivity index (χ2v) is 5.84. The maximum absolute atomic E-state index is 12.1. The fourth-order valence-electron chi connectivity index (χ4n) is 1.80. The molecule has 0 radical (unpaired) electrons. The number of ether oxygens (including phenoxy) is 1. The standard InChI is InChI=1S/C15H11BrClNO4/c1-9-2-3-10(6-13(9)18(20)21)14(19)8-22-15-5-4-11(17)7-12(15)16/h2-7H,8H2,1H3. The summed E-state index contributed by atoms with van der Waals surface area (Å²) in [6, 6.07) is 9.28. The quantitative estimate of drug-likeness (QED) is 0.430. The van der Waals surface area contributed by atoms with E-state index in [9.17, 15) is 14.9 Å². The average molecular weight is 385 g/mol. The molecule has 0 saturated carbocycles. The maximum atomic E-state index is 12.1. The first-order chi connectivity index (χ1) is 10.4. The summed E-state index contributed by atoms with van der Waals surface area (Å²) in [5, 5.41) is 11.4. The molecule has 5 nitrogen and oxygen atoms in total. The monoisotopic (exact) mass is 383 g/mol. The molecule has 0 aromatic heterocycles. The molecule has 2 aromatic carbocycles. The number of Topliss-reactive ketones (excluding diaryl/α,β-unsaturated/α-hetero) is 1. The highest BCUT2D eigenvalue weighted by Gasteiger charge is 2.15. The third kappa shape index (κ3) is 3.84. The van der Waals surface area contributed by atoms with Crippen LogP contribution in [0.2, 0.25) is 5.02 Å². The van der Waals surface area contributed by atoms with Crippen molar-refractivity contribution in [1.29, 1.82) is 0 Å². The molecule has 0 bridgehead atoms. The molecule has 0 aliphatic heterocycles. The SMILES string of the molecule is Cc1ccc(C(=O)COc2ccc(Cl)cc2Br)cc1[N+](=O)[O-]. The number of carbonyl (C=O) groups excluding carboxylic acids is 1. The molecule has 2 rings (SSSR count). The van der Waals surface area contributed by atoms with Crippen LogP contribution in [0.25, 0.3) is 0 Å². The molecule has 0 fully saturated rings. The Morgan fingerprint density at radius 3 is 2.68 bits per heavy atom. The normalized spacial score (nSPS) is 10.3. The summed E-state index contributed by atoms with van der Waals surface area (Å²) in [6.07, 6.45) is 0. The van der Waals surface area contributed by atoms with Crippen LogP contribution in [0.15, 0.2) is 40.9 Å². The molecule has 114 valence electrons. The van der Waals surface area contributed by atoms with Crippen molar-refractivity contribution < 1.29 is 14.5 Å². The van der Waals surface area contributed by atoms with Crippen molar-refractivity contribution in [3.05, 3.63) is 67.1 Å². The molecule has 22 heavy (non-hydrogen) atoms. The number of nitro benzene ring substituents is 1. The van der Waals surface area contributed by atoms with E-state index < -0.39 is 4.92 Å². The number of carbonyl (C=O) groups is 1. The third-order valence-electron chi connectivity index (χ3n) is 2.98. The van der Waals surface area contributed by atoms with Gasteiger partial charge in [-0.05, 0) is 41.1 Å². The highest BCUT2D eigenvalue weighted by Crippen LogP contribution is 2.28. The van der Waals surface area contributed by atoms with Crippen LogP contribution in [0, 0.1) is 17.0 Å². The van der Waals surface area contributed by atoms with Crippen molar-refractivity contribution in [1.82, 2.24) is 0 Å². The molecule has 0 spiro atoms. The molecule has 0 saturated heterocycles. The van der Waals surface area contributed by atoms with Crippen LogP contribution < -0.4 is 4.74 Å². The van der Waals surface area contributed by atoms with Gasteiger partial charge in [0.05, 0.1) is 9.40 Å². The van der Waals surface area contributed by atoms with Crippen molar-refractivity contribution in [2.75, 3.05) is 6.61 Å². The summed E-state index contributed by atoms with van der Waals surface area (Å²) in [4.78, 5) is 22.5. The van der Waals surface area contributed by atoms with Gasteiger partial charge in [0.25, 0.3) is 5.69 Å². The molecular weight excluding hydrogens is 374 g/mol. The lowest BCUT2D eigenvalue weighted by molar-refractivity contribution is -0.385. The Morgan fingerprint density at radius 1 is 1.32 bits per heavy atom. The van der Waals surface area contributed by atoms with E-state index in [0.29, 0.717) is 20.8 Å². The van der Waals surface area contributed by atoms with Gasteiger partial charge in [-0.2, -0.15) is 0 Å². The highest BCUT2D eigenvalue weighted by molar-refractivity contribution is 9.10. The first kappa shape index (κ1) is 16.5. The van der Waals surface area contributed by atoms with Gasteiger partial charge in [0.1, 0.15) is 5.75 Å². The minimum absolute atomic E-state index is 0.0847. The Hall–Kier alpha value is -1.92. The van der Waals surface area contributed by atoms with Crippen LogP contribution in [0.3, 0.4) is 0 Å². The fourth-order valence-corrected chi connectivity index (χ4v) is 2.60. The number of aryl methyl sites for hydroxylation is 1. The van der Waals surface area contributed by atoms with Crippen molar-refractivity contribution in [3.8, 4) is 5.75 Å². The van der Waals surface area contributed by atoms with E-state index in [1.54, 1.807) is 37.3 Å². The van der Waals surface area contributed by atoms with Crippen LogP contribution in [0.5, 0.6) is 5.75 Å². The summed E-state index contributed by atoms with van der Waals surface area (Å²) < 4.78 is 6.04. The molecular formula is C15H11BrClNO4. The Balaban J connectivity index is 2.12. The molecule has 0 amide bonds. The summed E-state index contributed by atoms with van der Waals surface area (Å²) >= 11 is 9.10. The number of benzene rings is 2. The summed E-state index contributed by atoms with van der Waals surface area (Å²) in [5.41, 5.74) is 0.656. The Bertz CT molecular complexity index is 748. The maximum Gasteiger partial charge on any atom is 0.273 e. The summed E-state index contributed by atoms with van der Waals surface area (Å²) in [5.74, 6) is 0.129. The van der Waals surface area contributed by atoms with Crippen LogP contribution in [-0.2, 0) is 0 Å². The van der Waals surface area contributed by atoms with Crippen molar-refractivity contribution >= 4 is 39.0 Å². The Morgan fingerprint density at radius 2 is 2.05 bits per heavy atom. The molecule has 0 unspecified atom stereocenters. The minimum atomic E-state index is -0.511. The smallest absolute Gasteiger partial charge is 0.273 e. The van der Waals surface area contributed by atoms with Crippen LogP contribution in [0.4, 0.5) is 5.69 Å². The van der Waals surface area contributed by atoms with Gasteiger partial charge in [0, 0.05) is 22.2 Å². The van der Waals surface area contributed by atoms with Crippen LogP contribution in [0.1, 0.15) is 15.9 Å². The molecule has 0 N–H and O–H groups in total. The molecule has 0 aliphatic rings. The predicted octanol–water partition coefficient (Wildman–Crippen LogP) is 4.58. The van der Waals surface area contributed by atoms with Gasteiger partial charge in [0.2, 0.25) is 0 Å². The van der Waals surface area contributed by atoms with E-state index in [1.165, 1.54) is 6.07 Å². The van der Waals surface area contributed by atoms with Crippen molar-refractivity contribution in [3.63, 3.8) is 0 Å². The number of rotatable bonds is 5. The highest BCUT2D eigenvalue weighted by atomic mass is 79.9. The Kier molecular flexibility index (Phi) is 5.15. The fraction of sp³-hybridized carbons (Fsp3) is 0.133. The van der Waals surface area contributed by atoms with Crippen LogP contribution in [-0.4, -0.2) is 17.3 Å². The van der Waals surface area contributed by atoms with Crippen molar-refractivity contribution in [2.24, 2.45) is 0 Å². The second-order valence-electron chi connectivity index (χ2n) is 4.54. The van der Waals surface area contributed by atoms with E-state index in [2.05, 4.69) is 15.9 Å². The number of ketones is 1.